The Morgan fingerprint density at radius 1 is 0.267 bits per heavy atom. The van der Waals surface area contributed by atoms with E-state index in [4.69, 9.17) is 0 Å². The molecule has 11 rings (SSSR count). The Morgan fingerprint density at radius 2 is 0.711 bits per heavy atom. The van der Waals surface area contributed by atoms with Gasteiger partial charge in [-0.05, 0) is 148 Å². The smallest absolute Gasteiger partial charge is 0.000660 e. The molecule has 0 fully saturated rings. The zero-order chi connectivity index (χ0) is 29.2. The summed E-state index contributed by atoms with van der Waals surface area (Å²) < 4.78 is 0. The molecule has 0 saturated carbocycles. The molecular weight excluding hydrogens is 540 g/mol. The van der Waals surface area contributed by atoms with Gasteiger partial charge in [-0.25, -0.2) is 0 Å². The van der Waals surface area contributed by atoms with Crippen LogP contribution in [0.4, 0.5) is 0 Å². The van der Waals surface area contributed by atoms with E-state index in [-0.39, 0.29) is 0 Å². The van der Waals surface area contributed by atoms with Crippen molar-refractivity contribution in [2.75, 3.05) is 0 Å². The lowest BCUT2D eigenvalue weighted by Crippen LogP contribution is -1.92. The Bertz CT molecular complexity index is 2570. The topological polar surface area (TPSA) is 0 Å². The molecule has 3 aliphatic carbocycles. The van der Waals surface area contributed by atoms with Gasteiger partial charge in [0.1, 0.15) is 0 Å². The van der Waals surface area contributed by atoms with Gasteiger partial charge in [0.25, 0.3) is 0 Å². The molecule has 0 unspecified atom stereocenters. The van der Waals surface area contributed by atoms with Gasteiger partial charge in [0.2, 0.25) is 0 Å². The molecule has 8 aromatic carbocycles. The van der Waals surface area contributed by atoms with Crippen molar-refractivity contribution in [1.29, 1.82) is 0 Å². The third kappa shape index (κ3) is 3.16. The Labute approximate surface area is 262 Å². The maximum Gasteiger partial charge on any atom is -0.000660 e. The zero-order valence-electron chi connectivity index (χ0n) is 24.8. The van der Waals surface area contributed by atoms with Gasteiger partial charge in [-0.15, -0.1) is 0 Å². The summed E-state index contributed by atoms with van der Waals surface area (Å²) in [5, 5.41) is 9.25. The van der Waals surface area contributed by atoms with Crippen molar-refractivity contribution in [3.8, 4) is 44.5 Å². The van der Waals surface area contributed by atoms with Gasteiger partial charge in [-0.1, -0.05) is 115 Å². The van der Waals surface area contributed by atoms with Crippen molar-refractivity contribution < 1.29 is 0 Å². The van der Waals surface area contributed by atoms with Crippen molar-refractivity contribution in [3.63, 3.8) is 0 Å². The molecule has 0 nitrogen and oxygen atoms in total. The van der Waals surface area contributed by atoms with Crippen molar-refractivity contribution in [1.82, 2.24) is 0 Å². The second-order valence-corrected chi connectivity index (χ2v) is 13.2. The van der Waals surface area contributed by atoms with E-state index in [9.17, 15) is 0 Å². The van der Waals surface area contributed by atoms with Crippen LogP contribution in [0.3, 0.4) is 0 Å². The van der Waals surface area contributed by atoms with Gasteiger partial charge in [0.05, 0.1) is 0 Å². The van der Waals surface area contributed by atoms with Gasteiger partial charge in [0.15, 0.2) is 0 Å². The highest BCUT2D eigenvalue weighted by atomic mass is 14.4. The minimum absolute atomic E-state index is 0.995. The molecule has 208 valence electrons. The van der Waals surface area contributed by atoms with E-state index < -0.39 is 0 Å². The highest BCUT2D eigenvalue weighted by molar-refractivity contribution is 6.34. The molecule has 0 radical (unpaired) electrons. The van der Waals surface area contributed by atoms with Crippen LogP contribution in [0, 0.1) is 0 Å². The van der Waals surface area contributed by atoms with Gasteiger partial charge >= 0.3 is 0 Å². The lowest BCUT2D eigenvalue weighted by molar-refractivity contribution is 1.24. The first kappa shape index (κ1) is 23.9. The van der Waals surface area contributed by atoms with Crippen LogP contribution in [0.5, 0.6) is 0 Å². The van der Waals surface area contributed by atoms with Crippen LogP contribution in [0.15, 0.2) is 133 Å². The number of rotatable bonds is 4. The fourth-order valence-corrected chi connectivity index (χ4v) is 8.95. The second kappa shape index (κ2) is 8.58. The SMILES string of the molecule is c1ccc(-c2ccc(-c3cccc(-c4cc5c6c7c(ccc8c7c7c(c(-c9ccccc9)cc9c7c6c4C9)C8)C5)c3)cc2)cc1. The van der Waals surface area contributed by atoms with E-state index in [1.165, 1.54) is 88.7 Å². The van der Waals surface area contributed by atoms with Gasteiger partial charge in [0, 0.05) is 0 Å². The first-order chi connectivity index (χ1) is 22.3. The van der Waals surface area contributed by atoms with Gasteiger partial charge in [-0.3, -0.25) is 0 Å². The fourth-order valence-electron chi connectivity index (χ4n) is 8.95. The molecule has 0 bridgehead atoms. The second-order valence-electron chi connectivity index (χ2n) is 13.2. The summed E-state index contributed by atoms with van der Waals surface area (Å²) in [5.74, 6) is 0. The van der Waals surface area contributed by atoms with Crippen molar-refractivity contribution in [2.24, 2.45) is 0 Å². The average molecular weight is 569 g/mol. The Balaban J connectivity index is 1.13. The fraction of sp³-hybridized carbons (Fsp3) is 0.0667. The molecule has 0 amide bonds. The van der Waals surface area contributed by atoms with Crippen LogP contribution < -0.4 is 0 Å². The first-order valence-electron chi connectivity index (χ1n) is 16.2. The zero-order valence-corrected chi connectivity index (χ0v) is 24.8. The van der Waals surface area contributed by atoms with Crippen LogP contribution in [-0.2, 0) is 19.3 Å². The monoisotopic (exact) mass is 568 g/mol. The van der Waals surface area contributed by atoms with Crippen LogP contribution in [0.25, 0.3) is 76.8 Å². The summed E-state index contributed by atoms with van der Waals surface area (Å²) >= 11 is 0. The molecule has 0 heterocycles. The predicted octanol–water partition coefficient (Wildman–Crippen LogP) is 11.5. The minimum atomic E-state index is 0.995. The number of hydrogen-bond donors (Lipinski definition) is 0. The molecule has 0 heteroatoms. The first-order valence-corrected chi connectivity index (χ1v) is 16.2. The summed E-state index contributed by atoms with van der Waals surface area (Å²) in [4.78, 5) is 0. The van der Waals surface area contributed by atoms with E-state index in [0.29, 0.717) is 0 Å². The largest absolute Gasteiger partial charge is 0.0622 e. The quantitative estimate of drug-likeness (QED) is 0.185. The Hall–Kier alpha value is -5.46. The Morgan fingerprint density at radius 3 is 1.42 bits per heavy atom. The van der Waals surface area contributed by atoms with Gasteiger partial charge in [-0.2, -0.15) is 0 Å². The minimum Gasteiger partial charge on any atom is -0.0622 e. The summed E-state index contributed by atoms with van der Waals surface area (Å²) in [6.45, 7) is 0. The van der Waals surface area contributed by atoms with Crippen LogP contribution in [-0.4, -0.2) is 0 Å². The molecule has 0 spiro atoms. The van der Waals surface area contributed by atoms with Crippen LogP contribution in [0.2, 0.25) is 0 Å². The lowest BCUT2D eigenvalue weighted by Gasteiger charge is -2.14. The molecule has 0 atom stereocenters. The van der Waals surface area contributed by atoms with Crippen LogP contribution >= 0.6 is 0 Å². The Kier molecular flexibility index (Phi) is 4.57. The standard InChI is InChI=1S/C45H28/c1-3-8-26(9-4-1)27-14-16-28(17-15-27)30-12-7-13-31(20-30)37-23-34-21-32-18-19-33-22-38-36(29-10-5-2-6-11-29)24-35-25-39(37)45-42(34)40(32)41(33)44(38)43(35)45/h1-20,23-24H,21-22,25H2. The summed E-state index contributed by atoms with van der Waals surface area (Å²) in [7, 11) is 0. The maximum absolute atomic E-state index is 2.54. The van der Waals surface area contributed by atoms with Gasteiger partial charge < -0.3 is 0 Å². The van der Waals surface area contributed by atoms with Crippen molar-refractivity contribution in [2.45, 2.75) is 19.3 Å². The molecule has 0 aromatic heterocycles. The molecular formula is C45H28. The number of benzene rings is 8. The third-order valence-electron chi connectivity index (χ3n) is 10.9. The molecule has 0 N–H and O–H groups in total. The predicted molar refractivity (Wildman–Crippen MR) is 189 cm³/mol. The summed E-state index contributed by atoms with van der Waals surface area (Å²) in [6.07, 6.45) is 3.06. The van der Waals surface area contributed by atoms with E-state index in [1.807, 2.05) is 0 Å². The summed E-state index contributed by atoms with van der Waals surface area (Å²) in [5.41, 5.74) is 19.6. The maximum atomic E-state index is 2.54. The van der Waals surface area contributed by atoms with E-state index >= 15 is 0 Å². The average Bonchev–Trinajstić information content (AvgIpc) is 3.79. The van der Waals surface area contributed by atoms with Crippen LogP contribution in [0.1, 0.15) is 33.4 Å². The third-order valence-corrected chi connectivity index (χ3v) is 10.9. The molecule has 0 aliphatic heterocycles. The molecule has 45 heavy (non-hydrogen) atoms. The normalized spacial score (nSPS) is 13.5. The van der Waals surface area contributed by atoms with Crippen molar-refractivity contribution >= 4 is 32.3 Å². The summed E-state index contributed by atoms with van der Waals surface area (Å²) in [6, 6.07) is 49.9. The molecule has 0 saturated heterocycles. The lowest BCUT2D eigenvalue weighted by atomic mass is 9.89. The van der Waals surface area contributed by atoms with E-state index in [0.717, 1.165) is 19.3 Å². The number of hydrogen-bond acceptors (Lipinski definition) is 0. The van der Waals surface area contributed by atoms with E-state index in [1.54, 1.807) is 21.5 Å². The highest BCUT2D eigenvalue weighted by Gasteiger charge is 2.34. The molecule has 3 aliphatic rings. The van der Waals surface area contributed by atoms with E-state index in [2.05, 4.69) is 133 Å². The molecule has 8 aromatic rings. The highest BCUT2D eigenvalue weighted by Crippen LogP contribution is 2.56. The van der Waals surface area contributed by atoms with Crippen molar-refractivity contribution in [3.05, 3.63) is 167 Å².